The molecule has 24 heavy (non-hydrogen) atoms. The molecule has 0 aliphatic heterocycles. The van der Waals surface area contributed by atoms with Crippen molar-refractivity contribution in [3.8, 4) is 5.75 Å². The third-order valence-corrected chi connectivity index (χ3v) is 3.27. The number of benzene rings is 1. The Balaban J connectivity index is 2.26. The van der Waals surface area contributed by atoms with E-state index in [0.29, 0.717) is 0 Å². The summed E-state index contributed by atoms with van der Waals surface area (Å²) in [6.07, 6.45) is 0. The van der Waals surface area contributed by atoms with Crippen LogP contribution >= 0.6 is 11.6 Å². The number of anilines is 1. The molecule has 0 radical (unpaired) electrons. The lowest BCUT2D eigenvalue weighted by molar-refractivity contribution is -0.424. The number of aromatic nitrogens is 2. The van der Waals surface area contributed by atoms with E-state index in [-0.39, 0.29) is 22.2 Å². The lowest BCUT2D eigenvalue weighted by atomic mass is 10.3. The second-order valence-corrected chi connectivity index (χ2v) is 5.08. The second-order valence-electron chi connectivity index (χ2n) is 4.64. The van der Waals surface area contributed by atoms with Crippen LogP contribution in [0, 0.1) is 27.2 Å². The average molecular weight is 356 g/mol. The number of rotatable bonds is 5. The normalized spacial score (nSPS) is 10.4. The van der Waals surface area contributed by atoms with Gasteiger partial charge in [0.1, 0.15) is 18.0 Å². The minimum Gasteiger partial charge on any atom is -0.506 e. The molecule has 1 aromatic heterocycles. The van der Waals surface area contributed by atoms with E-state index in [1.54, 1.807) is 0 Å². The van der Waals surface area contributed by atoms with E-state index in [1.807, 2.05) is 0 Å². The number of carbonyl (C=O) groups excluding carboxylic acids is 1. The third kappa shape index (κ3) is 3.41. The number of hydrogen-bond donors (Lipinski definition) is 2. The van der Waals surface area contributed by atoms with Crippen LogP contribution in [0.3, 0.4) is 0 Å². The van der Waals surface area contributed by atoms with Gasteiger partial charge in [0.05, 0.1) is 15.7 Å². The zero-order chi connectivity index (χ0) is 18.0. The van der Waals surface area contributed by atoms with E-state index in [2.05, 4.69) is 10.4 Å². The van der Waals surface area contributed by atoms with Gasteiger partial charge < -0.3 is 20.5 Å². The van der Waals surface area contributed by atoms with Gasteiger partial charge in [-0.15, -0.1) is 0 Å². The predicted molar refractivity (Wildman–Crippen MR) is 82.0 cm³/mol. The Labute approximate surface area is 138 Å². The van der Waals surface area contributed by atoms with Crippen molar-refractivity contribution in [3.05, 3.63) is 49.1 Å². The van der Waals surface area contributed by atoms with Crippen LogP contribution in [-0.2, 0) is 11.3 Å². The highest BCUT2D eigenvalue weighted by molar-refractivity contribution is 6.31. The van der Waals surface area contributed by atoms with Crippen molar-refractivity contribution in [2.45, 2.75) is 13.5 Å². The Morgan fingerprint density at radius 1 is 1.38 bits per heavy atom. The zero-order valence-corrected chi connectivity index (χ0v) is 12.9. The van der Waals surface area contributed by atoms with Gasteiger partial charge in [-0.1, -0.05) is 11.6 Å². The van der Waals surface area contributed by atoms with Gasteiger partial charge in [0.15, 0.2) is 0 Å². The summed E-state index contributed by atoms with van der Waals surface area (Å²) in [5.74, 6) is -1.89. The summed E-state index contributed by atoms with van der Waals surface area (Å²) < 4.78 is 0.840. The summed E-state index contributed by atoms with van der Waals surface area (Å²) in [4.78, 5) is 31.8. The minimum atomic E-state index is -0.998. The van der Waals surface area contributed by atoms with Crippen LogP contribution in [0.4, 0.5) is 17.2 Å². The van der Waals surface area contributed by atoms with Gasteiger partial charge in [0.25, 0.3) is 0 Å². The first-order valence-electron chi connectivity index (χ1n) is 6.35. The van der Waals surface area contributed by atoms with Crippen LogP contribution in [0.2, 0.25) is 5.02 Å². The van der Waals surface area contributed by atoms with Crippen LogP contribution in [-0.4, -0.2) is 30.6 Å². The fourth-order valence-corrected chi connectivity index (χ4v) is 2.12. The summed E-state index contributed by atoms with van der Waals surface area (Å²) in [6, 6.07) is 3.99. The molecule has 12 heteroatoms. The third-order valence-electron chi connectivity index (χ3n) is 3.04. The number of hydrogen-bond acceptors (Lipinski definition) is 7. The number of nitrogens with one attached hydrogen (secondary N) is 1. The number of carbonyl (C=O) groups is 1. The molecule has 0 unspecified atom stereocenters. The van der Waals surface area contributed by atoms with Gasteiger partial charge in [-0.25, -0.2) is 0 Å². The predicted octanol–water partition coefficient (Wildman–Crippen LogP) is 2.01. The van der Waals surface area contributed by atoms with Crippen molar-refractivity contribution in [1.29, 1.82) is 0 Å². The highest BCUT2D eigenvalue weighted by atomic mass is 35.5. The van der Waals surface area contributed by atoms with E-state index in [9.17, 15) is 30.1 Å². The number of amides is 1. The highest BCUT2D eigenvalue weighted by Gasteiger charge is 2.35. The first-order valence-corrected chi connectivity index (χ1v) is 6.73. The largest absolute Gasteiger partial charge is 0.506 e. The van der Waals surface area contributed by atoms with Crippen LogP contribution in [0.5, 0.6) is 5.75 Å². The molecule has 0 aliphatic carbocycles. The molecule has 0 bridgehead atoms. The molecule has 126 valence electrons. The molecule has 0 spiro atoms. The lowest BCUT2D eigenvalue weighted by Gasteiger charge is -2.07. The molecule has 1 heterocycles. The molecule has 0 atom stereocenters. The monoisotopic (exact) mass is 355 g/mol. The Morgan fingerprint density at radius 3 is 2.58 bits per heavy atom. The molecule has 2 rings (SSSR count). The molecular weight excluding hydrogens is 346 g/mol. The Hall–Kier alpha value is -3.21. The Kier molecular flexibility index (Phi) is 4.64. The van der Waals surface area contributed by atoms with Crippen molar-refractivity contribution < 1.29 is 19.7 Å². The SMILES string of the molecule is Cc1c([N+](=O)[O-])c([N+](=O)[O-])nn1CC(=O)Nc1cc(Cl)ccc1O. The number of halogens is 1. The number of nitrogens with zero attached hydrogens (tertiary/aromatic N) is 4. The van der Waals surface area contributed by atoms with Gasteiger partial charge in [-0.3, -0.25) is 14.9 Å². The van der Waals surface area contributed by atoms with E-state index >= 15 is 0 Å². The van der Waals surface area contributed by atoms with Gasteiger partial charge in [-0.2, -0.15) is 4.68 Å². The van der Waals surface area contributed by atoms with Gasteiger partial charge in [-0.05, 0) is 30.0 Å². The van der Waals surface area contributed by atoms with Gasteiger partial charge in [0, 0.05) is 5.02 Å². The van der Waals surface area contributed by atoms with Crippen molar-refractivity contribution in [2.24, 2.45) is 0 Å². The second kappa shape index (κ2) is 6.50. The summed E-state index contributed by atoms with van der Waals surface area (Å²) in [7, 11) is 0. The van der Waals surface area contributed by atoms with Gasteiger partial charge in [0.2, 0.25) is 5.91 Å². The fraction of sp³-hybridized carbons (Fsp3) is 0.167. The minimum absolute atomic E-state index is 0.0290. The van der Waals surface area contributed by atoms with Crippen molar-refractivity contribution in [1.82, 2.24) is 9.78 Å². The maximum absolute atomic E-state index is 12.0. The first-order chi connectivity index (χ1) is 11.2. The summed E-state index contributed by atoms with van der Waals surface area (Å²) >= 11 is 5.75. The lowest BCUT2D eigenvalue weighted by Crippen LogP contribution is -2.20. The standard InChI is InChI=1S/C12H10ClN5O6/c1-6-11(17(21)22)12(18(23)24)15-16(6)5-10(20)14-8-4-7(13)2-3-9(8)19/h2-4,19H,5H2,1H3,(H,14,20). The first kappa shape index (κ1) is 17.1. The molecule has 0 fully saturated rings. The Morgan fingerprint density at radius 2 is 2.04 bits per heavy atom. The van der Waals surface area contributed by atoms with Crippen LogP contribution < -0.4 is 5.32 Å². The van der Waals surface area contributed by atoms with E-state index in [1.165, 1.54) is 25.1 Å². The molecule has 1 amide bonds. The zero-order valence-electron chi connectivity index (χ0n) is 12.1. The molecule has 1 aromatic carbocycles. The number of nitro groups is 2. The molecule has 0 saturated heterocycles. The molecule has 0 aliphatic rings. The van der Waals surface area contributed by atoms with Crippen molar-refractivity contribution >= 4 is 34.7 Å². The van der Waals surface area contributed by atoms with E-state index in [0.717, 1.165) is 4.68 Å². The van der Waals surface area contributed by atoms with Crippen molar-refractivity contribution in [3.63, 3.8) is 0 Å². The number of phenols is 1. The van der Waals surface area contributed by atoms with Crippen LogP contribution in [0.1, 0.15) is 5.69 Å². The highest BCUT2D eigenvalue weighted by Crippen LogP contribution is 2.29. The fourth-order valence-electron chi connectivity index (χ4n) is 1.95. The molecule has 11 nitrogen and oxygen atoms in total. The summed E-state index contributed by atoms with van der Waals surface area (Å²) in [6.45, 7) is 0.717. The topological polar surface area (TPSA) is 153 Å². The average Bonchev–Trinajstić information content (AvgIpc) is 2.80. The van der Waals surface area contributed by atoms with Gasteiger partial charge >= 0.3 is 11.5 Å². The maximum Gasteiger partial charge on any atom is 0.468 e. The number of aromatic hydroxyl groups is 1. The molecular formula is C12H10ClN5O6. The molecule has 0 saturated carbocycles. The number of phenolic OH excluding ortho intramolecular Hbond substituents is 1. The Bertz CT molecular complexity index is 849. The maximum atomic E-state index is 12.0. The van der Waals surface area contributed by atoms with Crippen molar-refractivity contribution in [2.75, 3.05) is 5.32 Å². The van der Waals surface area contributed by atoms with Crippen LogP contribution in [0.25, 0.3) is 0 Å². The smallest absolute Gasteiger partial charge is 0.468 e. The van der Waals surface area contributed by atoms with E-state index < -0.39 is 33.8 Å². The summed E-state index contributed by atoms with van der Waals surface area (Å²) in [5, 5.41) is 37.5. The van der Waals surface area contributed by atoms with Crippen LogP contribution in [0.15, 0.2) is 18.2 Å². The molecule has 2 N–H and O–H groups in total. The quantitative estimate of drug-likeness (QED) is 0.472. The molecule has 2 aromatic rings. The van der Waals surface area contributed by atoms with E-state index in [4.69, 9.17) is 11.6 Å². The summed E-state index contributed by atoms with van der Waals surface area (Å²) in [5.41, 5.74) is -0.892.